The van der Waals surface area contributed by atoms with Crippen LogP contribution < -0.4 is 4.90 Å². The van der Waals surface area contributed by atoms with Crippen LogP contribution in [0.3, 0.4) is 0 Å². The van der Waals surface area contributed by atoms with Crippen molar-refractivity contribution < 1.29 is 19.4 Å². The normalized spacial score (nSPS) is 14.2. The number of rotatable bonds is 4. The van der Waals surface area contributed by atoms with Crippen molar-refractivity contribution in [1.29, 1.82) is 0 Å². The summed E-state index contributed by atoms with van der Waals surface area (Å²) in [5, 5.41) is 9.90. The van der Waals surface area contributed by atoms with Gasteiger partial charge in [0.2, 0.25) is 0 Å². The number of phenolic OH excluding ortho intramolecular Hbond substituents is 1. The van der Waals surface area contributed by atoms with Gasteiger partial charge in [0.25, 0.3) is 5.91 Å². The first-order chi connectivity index (χ1) is 12.5. The molecule has 0 aliphatic carbocycles. The number of anilines is 1. The molecule has 3 rings (SSSR count). The Morgan fingerprint density at radius 3 is 2.38 bits per heavy atom. The summed E-state index contributed by atoms with van der Waals surface area (Å²) in [6.07, 6.45) is 0. The average Bonchev–Trinajstić information content (AvgIpc) is 2.66. The fourth-order valence-corrected chi connectivity index (χ4v) is 2.97. The summed E-state index contributed by atoms with van der Waals surface area (Å²) >= 11 is 6.02. The molecule has 0 spiro atoms. The molecular formula is C19H19ClN2O4. The van der Waals surface area contributed by atoms with E-state index in [0.717, 1.165) is 5.69 Å². The van der Waals surface area contributed by atoms with Crippen molar-refractivity contribution in [2.24, 2.45) is 0 Å². The summed E-state index contributed by atoms with van der Waals surface area (Å²) < 4.78 is 5.07. The molecule has 7 heteroatoms. The highest BCUT2D eigenvalue weighted by Gasteiger charge is 2.22. The third-order valence-corrected chi connectivity index (χ3v) is 4.47. The Morgan fingerprint density at radius 1 is 1.04 bits per heavy atom. The standard InChI is InChI=1S/C19H19ClN2O4/c20-15-2-1-3-16(12-15)21-8-10-22(11-9-21)18(24)13-26-19(25)14-4-6-17(23)7-5-14/h1-7,12,23H,8-11,13H2. The third-order valence-electron chi connectivity index (χ3n) is 4.24. The summed E-state index contributed by atoms with van der Waals surface area (Å²) in [6, 6.07) is 13.3. The number of amides is 1. The first kappa shape index (κ1) is 18.1. The van der Waals surface area contributed by atoms with Crippen molar-refractivity contribution in [2.45, 2.75) is 0 Å². The number of esters is 1. The zero-order chi connectivity index (χ0) is 18.5. The topological polar surface area (TPSA) is 70.1 Å². The Hall–Kier alpha value is -2.73. The minimum absolute atomic E-state index is 0.0650. The van der Waals surface area contributed by atoms with Crippen LogP contribution in [-0.4, -0.2) is 54.7 Å². The molecule has 0 atom stereocenters. The maximum absolute atomic E-state index is 12.3. The molecule has 1 fully saturated rings. The van der Waals surface area contributed by atoms with Crippen LogP contribution >= 0.6 is 11.6 Å². The van der Waals surface area contributed by atoms with Crippen LogP contribution in [0.4, 0.5) is 5.69 Å². The van der Waals surface area contributed by atoms with Crippen LogP contribution in [0.25, 0.3) is 0 Å². The average molecular weight is 375 g/mol. The van der Waals surface area contributed by atoms with Crippen LogP contribution in [0.15, 0.2) is 48.5 Å². The smallest absolute Gasteiger partial charge is 0.338 e. The van der Waals surface area contributed by atoms with Gasteiger partial charge < -0.3 is 19.6 Å². The third kappa shape index (κ3) is 4.46. The number of benzene rings is 2. The lowest BCUT2D eigenvalue weighted by Crippen LogP contribution is -2.49. The van der Waals surface area contributed by atoms with Crippen LogP contribution in [0.2, 0.25) is 5.02 Å². The van der Waals surface area contributed by atoms with Gasteiger partial charge in [0, 0.05) is 36.9 Å². The highest BCUT2D eigenvalue weighted by atomic mass is 35.5. The predicted molar refractivity (Wildman–Crippen MR) is 98.6 cm³/mol. The van der Waals surface area contributed by atoms with Gasteiger partial charge in [0.05, 0.1) is 5.56 Å². The van der Waals surface area contributed by atoms with Gasteiger partial charge in [-0.05, 0) is 42.5 Å². The molecule has 0 bridgehead atoms. The van der Waals surface area contributed by atoms with Gasteiger partial charge >= 0.3 is 5.97 Å². The summed E-state index contributed by atoms with van der Waals surface area (Å²) in [5.41, 5.74) is 1.32. The highest BCUT2D eigenvalue weighted by Crippen LogP contribution is 2.20. The zero-order valence-electron chi connectivity index (χ0n) is 14.1. The number of hydrogen-bond donors (Lipinski definition) is 1. The maximum Gasteiger partial charge on any atom is 0.338 e. The summed E-state index contributed by atoms with van der Waals surface area (Å²) in [6.45, 7) is 2.21. The Kier molecular flexibility index (Phi) is 5.63. The van der Waals surface area contributed by atoms with E-state index in [4.69, 9.17) is 16.3 Å². The van der Waals surface area contributed by atoms with Gasteiger partial charge in [-0.15, -0.1) is 0 Å². The number of carbonyl (C=O) groups excluding carboxylic acids is 2. The van der Waals surface area contributed by atoms with Gasteiger partial charge in [-0.3, -0.25) is 4.79 Å². The first-order valence-electron chi connectivity index (χ1n) is 8.27. The lowest BCUT2D eigenvalue weighted by Gasteiger charge is -2.36. The van der Waals surface area contributed by atoms with Gasteiger partial charge in [-0.25, -0.2) is 4.79 Å². The lowest BCUT2D eigenvalue weighted by molar-refractivity contribution is -0.134. The van der Waals surface area contributed by atoms with E-state index in [9.17, 15) is 14.7 Å². The van der Waals surface area contributed by atoms with E-state index in [1.807, 2.05) is 24.3 Å². The number of hydrogen-bond acceptors (Lipinski definition) is 5. The molecule has 0 saturated carbocycles. The summed E-state index contributed by atoms with van der Waals surface area (Å²) in [5.74, 6) is -0.742. The number of phenols is 1. The number of carbonyl (C=O) groups is 2. The molecule has 1 saturated heterocycles. The van der Waals surface area contributed by atoms with Crippen molar-refractivity contribution in [3.05, 3.63) is 59.1 Å². The molecule has 1 aliphatic heterocycles. The Balaban J connectivity index is 1.47. The van der Waals surface area contributed by atoms with E-state index in [1.165, 1.54) is 24.3 Å². The van der Waals surface area contributed by atoms with Crippen molar-refractivity contribution in [3.63, 3.8) is 0 Å². The monoisotopic (exact) mass is 374 g/mol. The van der Waals surface area contributed by atoms with E-state index in [-0.39, 0.29) is 18.3 Å². The molecule has 2 aromatic rings. The van der Waals surface area contributed by atoms with Crippen molar-refractivity contribution in [1.82, 2.24) is 4.90 Å². The van der Waals surface area contributed by atoms with E-state index >= 15 is 0 Å². The fourth-order valence-electron chi connectivity index (χ4n) is 2.79. The largest absolute Gasteiger partial charge is 0.508 e. The summed E-state index contributed by atoms with van der Waals surface area (Å²) in [4.78, 5) is 28.0. The minimum Gasteiger partial charge on any atom is -0.508 e. The van der Waals surface area contributed by atoms with Crippen molar-refractivity contribution in [3.8, 4) is 5.75 Å². The molecule has 0 unspecified atom stereocenters. The number of ether oxygens (including phenoxy) is 1. The molecule has 0 aromatic heterocycles. The Bertz CT molecular complexity index is 786. The Labute approximate surface area is 156 Å². The molecule has 1 heterocycles. The second-order valence-electron chi connectivity index (χ2n) is 5.97. The van der Waals surface area contributed by atoms with Gasteiger partial charge in [0.15, 0.2) is 6.61 Å². The van der Waals surface area contributed by atoms with Crippen molar-refractivity contribution in [2.75, 3.05) is 37.7 Å². The molecule has 1 N–H and O–H groups in total. The first-order valence-corrected chi connectivity index (χ1v) is 8.65. The number of halogens is 1. The molecule has 26 heavy (non-hydrogen) atoms. The number of nitrogens with zero attached hydrogens (tertiary/aromatic N) is 2. The molecule has 0 radical (unpaired) electrons. The van der Waals surface area contributed by atoms with Crippen molar-refractivity contribution >= 4 is 29.2 Å². The molecular weight excluding hydrogens is 356 g/mol. The maximum atomic E-state index is 12.3. The van der Waals surface area contributed by atoms with Gasteiger partial charge in [0.1, 0.15) is 5.75 Å². The molecule has 6 nitrogen and oxygen atoms in total. The SMILES string of the molecule is O=C(OCC(=O)N1CCN(c2cccc(Cl)c2)CC1)c1ccc(O)cc1. The number of aromatic hydroxyl groups is 1. The second kappa shape index (κ2) is 8.10. The predicted octanol–water partition coefficient (Wildman–Crippen LogP) is 2.55. The minimum atomic E-state index is -0.587. The summed E-state index contributed by atoms with van der Waals surface area (Å²) in [7, 11) is 0. The van der Waals surface area contributed by atoms with Crippen LogP contribution in [0.5, 0.6) is 5.75 Å². The van der Waals surface area contributed by atoms with Crippen LogP contribution in [0, 0.1) is 0 Å². The number of piperazine rings is 1. The van der Waals surface area contributed by atoms with Gasteiger partial charge in [-0.1, -0.05) is 17.7 Å². The van der Waals surface area contributed by atoms with E-state index in [1.54, 1.807) is 4.90 Å². The van der Waals surface area contributed by atoms with Gasteiger partial charge in [-0.2, -0.15) is 0 Å². The lowest BCUT2D eigenvalue weighted by atomic mass is 10.2. The molecule has 1 amide bonds. The van der Waals surface area contributed by atoms with E-state index in [2.05, 4.69) is 4.90 Å². The fraction of sp³-hybridized carbons (Fsp3) is 0.263. The van der Waals surface area contributed by atoms with E-state index < -0.39 is 5.97 Å². The Morgan fingerprint density at radius 2 is 1.73 bits per heavy atom. The second-order valence-corrected chi connectivity index (χ2v) is 6.41. The molecule has 1 aliphatic rings. The highest BCUT2D eigenvalue weighted by molar-refractivity contribution is 6.30. The van der Waals surface area contributed by atoms with E-state index in [0.29, 0.717) is 36.8 Å². The molecule has 2 aromatic carbocycles. The molecule has 136 valence electrons. The zero-order valence-corrected chi connectivity index (χ0v) is 14.9. The van der Waals surface area contributed by atoms with Crippen LogP contribution in [0.1, 0.15) is 10.4 Å². The van der Waals surface area contributed by atoms with Crippen LogP contribution in [-0.2, 0) is 9.53 Å². The quantitative estimate of drug-likeness (QED) is 0.833.